The average molecular weight is 750 g/mol. The van der Waals surface area contributed by atoms with Crippen LogP contribution in [0.4, 0.5) is 10.5 Å². The molecule has 2 aromatic rings. The van der Waals surface area contributed by atoms with Crippen molar-refractivity contribution >= 4 is 34.4 Å². The maximum Gasteiger partial charge on any atom is 0.410 e. The van der Waals surface area contributed by atoms with Gasteiger partial charge in [0.05, 0.1) is 0 Å². The zero-order valence-electron chi connectivity index (χ0n) is 34.7. The van der Waals surface area contributed by atoms with Gasteiger partial charge in [0.1, 0.15) is 6.10 Å². The molecule has 1 saturated heterocycles. The molecule has 0 N–H and O–H groups in total. The van der Waals surface area contributed by atoms with Crippen molar-refractivity contribution in [1.29, 1.82) is 0 Å². The van der Waals surface area contributed by atoms with Gasteiger partial charge in [0.25, 0.3) is 11.8 Å². The summed E-state index contributed by atoms with van der Waals surface area (Å²) in [5.74, 6) is 4.57. The molecule has 298 valence electrons. The van der Waals surface area contributed by atoms with Crippen molar-refractivity contribution in [1.82, 2.24) is 9.80 Å². The van der Waals surface area contributed by atoms with Crippen molar-refractivity contribution in [2.45, 2.75) is 131 Å². The van der Waals surface area contributed by atoms with Gasteiger partial charge in [-0.2, -0.15) is 0 Å². The number of fused-ring (bicyclic) bond motifs is 5. The second-order valence-electron chi connectivity index (χ2n) is 19.7. The van der Waals surface area contributed by atoms with Gasteiger partial charge in [-0.1, -0.05) is 91.0 Å². The van der Waals surface area contributed by atoms with Crippen LogP contribution < -0.4 is 4.90 Å². The molecule has 7 heteroatoms. The largest absolute Gasteiger partial charge is 0.446 e. The van der Waals surface area contributed by atoms with E-state index in [1.807, 2.05) is 35.2 Å². The lowest BCUT2D eigenvalue weighted by Gasteiger charge is -2.57. The SMILES string of the molecule is CCCCN1C(=O)c2cccc3c(N4CCN(C(=O)OC5CCC6(C)C(=CCC7C8CC(C(C)CCCC(C)C)CC8(C)CCC76)C5)CC4)ccc(c23)C1=O. The molecule has 7 nitrogen and oxygen atoms in total. The van der Waals surface area contributed by atoms with Crippen molar-refractivity contribution < 1.29 is 19.1 Å². The third-order valence-electron chi connectivity index (χ3n) is 16.0. The van der Waals surface area contributed by atoms with Crippen molar-refractivity contribution in [2.24, 2.45) is 46.3 Å². The molecule has 55 heavy (non-hydrogen) atoms. The predicted molar refractivity (Wildman–Crippen MR) is 221 cm³/mol. The van der Waals surface area contributed by atoms with Crippen LogP contribution in [0.15, 0.2) is 42.0 Å². The van der Waals surface area contributed by atoms with E-state index in [1.165, 1.54) is 56.3 Å². The second kappa shape index (κ2) is 15.2. The number of piperazine rings is 1. The molecule has 8 unspecified atom stereocenters. The van der Waals surface area contributed by atoms with E-state index in [4.69, 9.17) is 4.74 Å². The van der Waals surface area contributed by atoms with Crippen LogP contribution in [-0.2, 0) is 4.74 Å². The molecule has 3 amide bonds. The molecule has 0 bridgehead atoms. The first-order valence-corrected chi connectivity index (χ1v) is 22.2. The Morgan fingerprint density at radius 2 is 1.67 bits per heavy atom. The Hall–Kier alpha value is -3.35. The molecule has 4 aliphatic carbocycles. The summed E-state index contributed by atoms with van der Waals surface area (Å²) >= 11 is 0. The van der Waals surface area contributed by atoms with Crippen molar-refractivity contribution in [3.05, 3.63) is 53.1 Å². The number of hydrogen-bond donors (Lipinski definition) is 0. The highest BCUT2D eigenvalue weighted by atomic mass is 16.6. The molecule has 2 aromatic carbocycles. The number of hydrogen-bond acceptors (Lipinski definition) is 5. The van der Waals surface area contributed by atoms with E-state index in [0.717, 1.165) is 84.1 Å². The number of carbonyl (C=O) groups excluding carboxylic acids is 3. The maximum atomic E-state index is 13.6. The van der Waals surface area contributed by atoms with Gasteiger partial charge in [-0.05, 0) is 116 Å². The van der Waals surface area contributed by atoms with Crippen LogP contribution >= 0.6 is 0 Å². The van der Waals surface area contributed by atoms with E-state index in [0.29, 0.717) is 49.3 Å². The Morgan fingerprint density at radius 1 is 0.909 bits per heavy atom. The number of carbonyl (C=O) groups is 3. The Kier molecular flexibility index (Phi) is 10.6. The fourth-order valence-corrected chi connectivity index (χ4v) is 12.6. The monoisotopic (exact) mass is 750 g/mol. The van der Waals surface area contributed by atoms with E-state index >= 15 is 0 Å². The van der Waals surface area contributed by atoms with E-state index < -0.39 is 0 Å². The molecule has 6 aliphatic rings. The van der Waals surface area contributed by atoms with E-state index in [9.17, 15) is 14.4 Å². The van der Waals surface area contributed by atoms with E-state index in [-0.39, 0.29) is 29.4 Å². The first kappa shape index (κ1) is 38.5. The van der Waals surface area contributed by atoms with Crippen molar-refractivity contribution in [3.8, 4) is 0 Å². The van der Waals surface area contributed by atoms with E-state index in [1.54, 1.807) is 5.57 Å². The quantitative estimate of drug-likeness (QED) is 0.179. The minimum absolute atomic E-state index is 0.0507. The van der Waals surface area contributed by atoms with Gasteiger partial charge in [0, 0.05) is 66.7 Å². The molecule has 0 radical (unpaired) electrons. The minimum atomic E-state index is -0.199. The lowest BCUT2D eigenvalue weighted by molar-refractivity contribution is -0.0401. The average Bonchev–Trinajstić information content (AvgIpc) is 3.55. The molecule has 8 atom stereocenters. The van der Waals surface area contributed by atoms with Crippen LogP contribution in [-0.4, -0.2) is 66.5 Å². The van der Waals surface area contributed by atoms with Crippen LogP contribution in [0.25, 0.3) is 10.8 Å². The lowest BCUT2D eigenvalue weighted by Crippen LogP contribution is -2.51. The molecule has 0 aromatic heterocycles. The predicted octanol–water partition coefficient (Wildman–Crippen LogP) is 10.9. The zero-order chi connectivity index (χ0) is 38.6. The highest BCUT2D eigenvalue weighted by Gasteiger charge is 2.58. The first-order chi connectivity index (χ1) is 26.4. The Bertz CT molecular complexity index is 1800. The van der Waals surface area contributed by atoms with Crippen LogP contribution in [0.5, 0.6) is 0 Å². The fraction of sp³-hybridized carbons (Fsp3) is 0.688. The smallest absolute Gasteiger partial charge is 0.410 e. The lowest BCUT2D eigenvalue weighted by atomic mass is 9.48. The molecule has 0 spiro atoms. The zero-order valence-corrected chi connectivity index (χ0v) is 34.7. The Labute approximate surface area is 330 Å². The number of benzene rings is 2. The molecule has 2 aliphatic heterocycles. The van der Waals surface area contributed by atoms with Crippen LogP contribution in [0.3, 0.4) is 0 Å². The number of rotatable bonds is 10. The Balaban J connectivity index is 0.877. The van der Waals surface area contributed by atoms with Gasteiger partial charge in [0.2, 0.25) is 0 Å². The summed E-state index contributed by atoms with van der Waals surface area (Å²) in [7, 11) is 0. The number of ether oxygens (including phenoxy) is 1. The highest BCUT2D eigenvalue weighted by molar-refractivity contribution is 6.26. The summed E-state index contributed by atoms with van der Waals surface area (Å²) in [5.41, 5.74) is 4.53. The van der Waals surface area contributed by atoms with E-state index in [2.05, 4.69) is 52.5 Å². The van der Waals surface area contributed by atoms with Crippen LogP contribution in [0.2, 0.25) is 0 Å². The van der Waals surface area contributed by atoms with Gasteiger partial charge in [-0.15, -0.1) is 0 Å². The van der Waals surface area contributed by atoms with Gasteiger partial charge in [-0.3, -0.25) is 14.5 Å². The molecule has 4 fully saturated rings. The summed E-state index contributed by atoms with van der Waals surface area (Å²) < 4.78 is 6.31. The van der Waals surface area contributed by atoms with Gasteiger partial charge in [0.15, 0.2) is 0 Å². The summed E-state index contributed by atoms with van der Waals surface area (Å²) in [6.45, 7) is 17.5. The minimum Gasteiger partial charge on any atom is -0.446 e. The third kappa shape index (κ3) is 6.92. The first-order valence-electron chi connectivity index (χ1n) is 22.2. The van der Waals surface area contributed by atoms with Crippen molar-refractivity contribution in [3.63, 3.8) is 0 Å². The number of imide groups is 1. The number of unbranched alkanes of at least 4 members (excludes halogenated alkanes) is 1. The molecular weight excluding hydrogens is 683 g/mol. The molecule has 3 saturated carbocycles. The molecule has 2 heterocycles. The standard InChI is InChI=1S/C48H67N3O4/c1-7-8-23-51-44(52)38-14-10-13-37-42(18-17-39(43(37)38)45(51)53)49-24-26-50(27-25-49)46(54)55-35-19-22-48(6)34(29-35)15-16-36-40(48)20-21-47(5)30-33(28-41(36)47)32(4)12-9-11-31(2)3/h10,13-15,17-18,31-33,35-36,40-41H,7-9,11-12,16,19-30H2,1-6H3. The number of nitrogens with zero attached hydrogens (tertiary/aromatic N) is 3. The topological polar surface area (TPSA) is 70.2 Å². The molecule has 8 rings (SSSR count). The van der Waals surface area contributed by atoms with Gasteiger partial charge < -0.3 is 14.5 Å². The highest BCUT2D eigenvalue weighted by Crippen LogP contribution is 2.66. The van der Waals surface area contributed by atoms with Gasteiger partial charge >= 0.3 is 6.09 Å². The maximum absolute atomic E-state index is 13.6. The summed E-state index contributed by atoms with van der Waals surface area (Å²) in [4.78, 5) is 46.0. The van der Waals surface area contributed by atoms with Gasteiger partial charge in [-0.25, -0.2) is 4.79 Å². The molecular formula is C48H67N3O4. The third-order valence-corrected chi connectivity index (χ3v) is 16.0. The van der Waals surface area contributed by atoms with Crippen LogP contribution in [0.1, 0.15) is 146 Å². The fourth-order valence-electron chi connectivity index (χ4n) is 12.6. The summed E-state index contributed by atoms with van der Waals surface area (Å²) in [6, 6.07) is 9.70. The number of anilines is 1. The van der Waals surface area contributed by atoms with Crippen LogP contribution in [0, 0.1) is 46.3 Å². The number of amides is 3. The van der Waals surface area contributed by atoms with Crippen molar-refractivity contribution in [2.75, 3.05) is 37.6 Å². The normalized spacial score (nSPS) is 32.3. The Morgan fingerprint density at radius 3 is 2.42 bits per heavy atom. The summed E-state index contributed by atoms with van der Waals surface area (Å²) in [6.07, 6.45) is 18.0. The number of allylic oxidation sites excluding steroid dienone is 1. The second-order valence-corrected chi connectivity index (χ2v) is 19.7. The summed E-state index contributed by atoms with van der Waals surface area (Å²) in [5, 5.41) is 1.69.